The molecule has 0 N–H and O–H groups in total. The van der Waals surface area contributed by atoms with Crippen molar-refractivity contribution < 1.29 is 0 Å². The molecule has 2 aromatic carbocycles. The molecule has 0 fully saturated rings. The standard InChI is InChI=1S/C41H53NS2/c1-7-9-11-13-19-30(20-14-12-10-8-2)27-42-36-26-38(29(5)6)44-40(36)39-35(25-37(43-39)28(3)4)41(42)33-23-17-15-21-31(33)32-22-16-18-24-34(32)41/h15-18,21-26,28-30H,7-14,19-20,27H2,1-6H3. The Hall–Kier alpha value is -2.36. The summed E-state index contributed by atoms with van der Waals surface area (Å²) in [5, 5.41) is 0. The van der Waals surface area contributed by atoms with Crippen LogP contribution in [0.15, 0.2) is 60.7 Å². The highest BCUT2D eigenvalue weighted by atomic mass is 32.1. The zero-order chi connectivity index (χ0) is 30.8. The van der Waals surface area contributed by atoms with Crippen LogP contribution < -0.4 is 4.90 Å². The summed E-state index contributed by atoms with van der Waals surface area (Å²) >= 11 is 4.13. The molecule has 6 rings (SSSR count). The fourth-order valence-electron chi connectivity index (χ4n) is 7.84. The lowest BCUT2D eigenvalue weighted by Gasteiger charge is -2.49. The zero-order valence-corrected chi connectivity index (χ0v) is 29.7. The SMILES string of the molecule is CCCCCCC(CCCCCC)CN1c2cc(C(C)C)sc2-c2sc(C(C)C)cc2C12c1ccccc1-c1ccccc12. The molecular formula is C41H53NS2. The minimum Gasteiger partial charge on any atom is -0.352 e. The predicted molar refractivity (Wildman–Crippen MR) is 196 cm³/mol. The van der Waals surface area contributed by atoms with Gasteiger partial charge in [0.15, 0.2) is 0 Å². The summed E-state index contributed by atoms with van der Waals surface area (Å²) in [5.74, 6) is 1.74. The fourth-order valence-corrected chi connectivity index (χ4v) is 10.4. The minimum atomic E-state index is -0.292. The van der Waals surface area contributed by atoms with E-state index in [1.807, 2.05) is 0 Å². The molecule has 3 heteroatoms. The number of nitrogens with zero attached hydrogens (tertiary/aromatic N) is 1. The normalized spacial score (nSPS) is 14.5. The van der Waals surface area contributed by atoms with Crippen LogP contribution in [0.4, 0.5) is 5.69 Å². The third-order valence-corrected chi connectivity index (χ3v) is 13.2. The molecule has 0 saturated heterocycles. The predicted octanol–water partition coefficient (Wildman–Crippen LogP) is 13.4. The van der Waals surface area contributed by atoms with E-state index in [0.717, 1.165) is 6.54 Å². The summed E-state index contributed by atoms with van der Waals surface area (Å²) < 4.78 is 0. The van der Waals surface area contributed by atoms with E-state index in [9.17, 15) is 0 Å². The van der Waals surface area contributed by atoms with Crippen molar-refractivity contribution in [2.45, 2.75) is 123 Å². The molecule has 0 amide bonds. The molecule has 2 aromatic heterocycles. The summed E-state index contributed by atoms with van der Waals surface area (Å²) in [6, 6.07) is 23.9. The Morgan fingerprint density at radius 2 is 1.14 bits per heavy atom. The van der Waals surface area contributed by atoms with E-state index in [2.05, 4.69) is 130 Å². The number of benzene rings is 2. The fraction of sp³-hybridized carbons (Fsp3) is 0.512. The van der Waals surface area contributed by atoms with Gasteiger partial charge in [0, 0.05) is 21.9 Å². The van der Waals surface area contributed by atoms with Crippen LogP contribution in [-0.2, 0) is 5.54 Å². The van der Waals surface area contributed by atoms with Crippen molar-refractivity contribution in [1.82, 2.24) is 0 Å². The Balaban J connectivity index is 1.57. The number of anilines is 1. The van der Waals surface area contributed by atoms with Gasteiger partial charge in [-0.05, 0) is 65.0 Å². The van der Waals surface area contributed by atoms with E-state index in [4.69, 9.17) is 0 Å². The number of hydrogen-bond donors (Lipinski definition) is 0. The van der Waals surface area contributed by atoms with E-state index in [1.54, 1.807) is 0 Å². The first-order chi connectivity index (χ1) is 21.4. The molecule has 1 nitrogen and oxygen atoms in total. The molecule has 44 heavy (non-hydrogen) atoms. The number of unbranched alkanes of at least 4 members (excludes halogenated alkanes) is 6. The largest absolute Gasteiger partial charge is 0.352 e. The van der Waals surface area contributed by atoms with Crippen molar-refractivity contribution in [2.75, 3.05) is 11.4 Å². The van der Waals surface area contributed by atoms with E-state index < -0.39 is 0 Å². The molecule has 1 aliphatic carbocycles. The molecule has 2 aliphatic rings. The van der Waals surface area contributed by atoms with Gasteiger partial charge in [-0.2, -0.15) is 0 Å². The summed E-state index contributed by atoms with van der Waals surface area (Å²) in [6.07, 6.45) is 13.5. The van der Waals surface area contributed by atoms with Crippen molar-refractivity contribution in [1.29, 1.82) is 0 Å². The first-order valence-corrected chi connectivity index (χ1v) is 19.3. The molecule has 1 aliphatic heterocycles. The molecule has 0 radical (unpaired) electrons. The van der Waals surface area contributed by atoms with E-state index >= 15 is 0 Å². The van der Waals surface area contributed by atoms with Crippen LogP contribution in [0.2, 0.25) is 0 Å². The van der Waals surface area contributed by atoms with E-state index in [1.165, 1.54) is 117 Å². The summed E-state index contributed by atoms with van der Waals surface area (Å²) in [4.78, 5) is 9.01. The second-order valence-corrected chi connectivity index (χ2v) is 16.2. The first kappa shape index (κ1) is 31.6. The molecule has 3 heterocycles. The van der Waals surface area contributed by atoms with Gasteiger partial charge < -0.3 is 4.90 Å². The van der Waals surface area contributed by atoms with Crippen LogP contribution in [0.3, 0.4) is 0 Å². The lowest BCUT2D eigenvalue weighted by molar-refractivity contribution is 0.382. The molecule has 4 aromatic rings. The molecule has 0 unspecified atom stereocenters. The summed E-state index contributed by atoms with van der Waals surface area (Å²) in [6.45, 7) is 15.3. The highest BCUT2D eigenvalue weighted by molar-refractivity contribution is 7.23. The monoisotopic (exact) mass is 623 g/mol. The van der Waals surface area contributed by atoms with Crippen LogP contribution >= 0.6 is 22.7 Å². The van der Waals surface area contributed by atoms with Crippen molar-refractivity contribution in [3.05, 3.63) is 87.1 Å². The lowest BCUT2D eigenvalue weighted by Crippen LogP contribution is -2.50. The molecular weight excluding hydrogens is 571 g/mol. The number of hydrogen-bond acceptors (Lipinski definition) is 3. The van der Waals surface area contributed by atoms with Crippen LogP contribution in [0.25, 0.3) is 20.9 Å². The lowest BCUT2D eigenvalue weighted by atomic mass is 9.75. The van der Waals surface area contributed by atoms with Crippen LogP contribution in [-0.4, -0.2) is 6.54 Å². The van der Waals surface area contributed by atoms with Gasteiger partial charge in [0.05, 0.1) is 15.4 Å². The van der Waals surface area contributed by atoms with Gasteiger partial charge >= 0.3 is 0 Å². The molecule has 0 saturated carbocycles. The van der Waals surface area contributed by atoms with Crippen molar-refractivity contribution >= 4 is 28.4 Å². The highest BCUT2D eigenvalue weighted by Gasteiger charge is 2.54. The Morgan fingerprint density at radius 1 is 0.614 bits per heavy atom. The molecule has 0 atom stereocenters. The van der Waals surface area contributed by atoms with Crippen LogP contribution in [0.5, 0.6) is 0 Å². The van der Waals surface area contributed by atoms with Gasteiger partial charge in [-0.15, -0.1) is 22.7 Å². The summed E-state index contributed by atoms with van der Waals surface area (Å²) in [7, 11) is 0. The van der Waals surface area contributed by atoms with Gasteiger partial charge in [0.2, 0.25) is 0 Å². The quantitative estimate of drug-likeness (QED) is 0.126. The van der Waals surface area contributed by atoms with E-state index in [-0.39, 0.29) is 5.54 Å². The van der Waals surface area contributed by atoms with Crippen LogP contribution in [0.1, 0.15) is 144 Å². The average Bonchev–Trinajstić information content (AvgIpc) is 3.74. The molecule has 1 spiro atoms. The van der Waals surface area contributed by atoms with Crippen LogP contribution in [0, 0.1) is 5.92 Å². The highest BCUT2D eigenvalue weighted by Crippen LogP contribution is 2.64. The number of rotatable bonds is 14. The van der Waals surface area contributed by atoms with E-state index in [0.29, 0.717) is 17.8 Å². The van der Waals surface area contributed by atoms with Gasteiger partial charge in [0.1, 0.15) is 5.54 Å². The Kier molecular flexibility index (Phi) is 9.74. The average molecular weight is 624 g/mol. The Labute approximate surface area is 275 Å². The maximum Gasteiger partial charge on any atom is 0.119 e. The van der Waals surface area contributed by atoms with Gasteiger partial charge in [0.25, 0.3) is 0 Å². The molecule has 234 valence electrons. The third-order valence-electron chi connectivity index (χ3n) is 10.2. The Bertz CT molecular complexity index is 1490. The van der Waals surface area contributed by atoms with Gasteiger partial charge in [-0.3, -0.25) is 0 Å². The van der Waals surface area contributed by atoms with Crippen molar-refractivity contribution in [3.63, 3.8) is 0 Å². The minimum absolute atomic E-state index is 0.292. The topological polar surface area (TPSA) is 3.24 Å². The van der Waals surface area contributed by atoms with Crippen molar-refractivity contribution in [3.8, 4) is 20.9 Å². The maximum atomic E-state index is 2.94. The number of fused-ring (bicyclic) bond motifs is 9. The second-order valence-electron chi connectivity index (χ2n) is 14.0. The summed E-state index contributed by atoms with van der Waals surface area (Å²) in [5.41, 5.74) is 8.53. The maximum absolute atomic E-state index is 2.94. The van der Waals surface area contributed by atoms with Gasteiger partial charge in [-0.1, -0.05) is 141 Å². The number of thiophene rings is 2. The smallest absolute Gasteiger partial charge is 0.119 e. The third kappa shape index (κ3) is 5.51. The second kappa shape index (κ2) is 13.6. The zero-order valence-electron chi connectivity index (χ0n) is 28.0. The van der Waals surface area contributed by atoms with Gasteiger partial charge in [-0.25, -0.2) is 0 Å². The first-order valence-electron chi connectivity index (χ1n) is 17.7. The molecule has 0 bridgehead atoms. The Morgan fingerprint density at radius 3 is 1.68 bits per heavy atom. The van der Waals surface area contributed by atoms with Crippen molar-refractivity contribution in [2.24, 2.45) is 5.92 Å².